The summed E-state index contributed by atoms with van der Waals surface area (Å²) in [6.07, 6.45) is -2.20. The summed E-state index contributed by atoms with van der Waals surface area (Å²) in [4.78, 5) is 26.4. The van der Waals surface area contributed by atoms with E-state index in [4.69, 9.17) is 32.9 Å². The third-order valence-corrected chi connectivity index (χ3v) is 8.16. The molecule has 0 aliphatic heterocycles. The Morgan fingerprint density at radius 1 is 0.939 bits per heavy atom. The van der Waals surface area contributed by atoms with Crippen molar-refractivity contribution in [3.63, 3.8) is 0 Å². The molecule has 3 rings (SSSR count). The van der Waals surface area contributed by atoms with E-state index in [0.29, 0.717) is 37.7 Å². The summed E-state index contributed by atoms with van der Waals surface area (Å²) in [6, 6.07) is 17.8. The molecule has 0 aliphatic carbocycles. The van der Waals surface area contributed by atoms with Gasteiger partial charge in [0.1, 0.15) is 30.7 Å². The highest BCUT2D eigenvalue weighted by Crippen LogP contribution is 2.16. The molecule has 15 heteroatoms. The maximum atomic E-state index is 12.4. The molecule has 0 unspecified atom stereocenters. The molecular weight excluding hydrogens is 654 g/mol. The molecule has 1 heterocycles. The summed E-state index contributed by atoms with van der Waals surface area (Å²) in [5.41, 5.74) is 14.2. The van der Waals surface area contributed by atoms with E-state index >= 15 is 0 Å². The fourth-order valence-corrected chi connectivity index (χ4v) is 5.09. The predicted octanol–water partition coefficient (Wildman–Crippen LogP) is 0.838. The molecule has 0 bridgehead atoms. The van der Waals surface area contributed by atoms with Crippen molar-refractivity contribution in [2.24, 2.45) is 10.7 Å². The Morgan fingerprint density at radius 3 is 2.29 bits per heavy atom. The number of hydrogen-bond donors (Lipinski definition) is 8. The Balaban J connectivity index is 1.42. The zero-order chi connectivity index (χ0) is 35.8. The van der Waals surface area contributed by atoms with E-state index in [1.807, 2.05) is 59.5 Å². The van der Waals surface area contributed by atoms with Crippen molar-refractivity contribution >= 4 is 29.3 Å². The lowest BCUT2D eigenvalue weighted by Gasteiger charge is -2.30. The van der Waals surface area contributed by atoms with E-state index < -0.39 is 36.9 Å². The normalized spacial score (nSPS) is 14.3. The molecule has 268 valence electrons. The maximum absolute atomic E-state index is 12.4. The number of benzene rings is 2. The molecule has 3 aromatic rings. The van der Waals surface area contributed by atoms with E-state index in [1.165, 1.54) is 5.56 Å². The van der Waals surface area contributed by atoms with Crippen molar-refractivity contribution in [3.05, 3.63) is 82.3 Å². The number of amides is 1. The Labute approximate surface area is 291 Å². The van der Waals surface area contributed by atoms with E-state index in [-0.39, 0.29) is 29.2 Å². The number of guanidine groups is 1. The number of rotatable bonds is 20. The number of aryl methyl sites for hydroxylation is 3. The van der Waals surface area contributed by atoms with Crippen molar-refractivity contribution in [2.75, 3.05) is 45.1 Å². The molecule has 0 radical (unpaired) electrons. The minimum absolute atomic E-state index is 0.0421. The maximum Gasteiger partial charge on any atom is 0.280 e. The first-order chi connectivity index (χ1) is 23.5. The number of aliphatic hydroxyl groups excluding tert-OH is 5. The van der Waals surface area contributed by atoms with Gasteiger partial charge in [0.15, 0.2) is 22.6 Å². The van der Waals surface area contributed by atoms with E-state index in [0.717, 1.165) is 37.7 Å². The van der Waals surface area contributed by atoms with Gasteiger partial charge in [-0.3, -0.25) is 20.0 Å². The van der Waals surface area contributed by atoms with Gasteiger partial charge in [-0.05, 0) is 68.8 Å². The molecule has 0 fully saturated rings. The van der Waals surface area contributed by atoms with Crippen LogP contribution in [0.1, 0.15) is 46.6 Å². The third kappa shape index (κ3) is 13.5. The number of halogens is 1. The molecule has 4 atom stereocenters. The van der Waals surface area contributed by atoms with Gasteiger partial charge in [0.25, 0.3) is 5.91 Å². The second kappa shape index (κ2) is 20.6. The van der Waals surface area contributed by atoms with Gasteiger partial charge in [0.05, 0.1) is 18.4 Å². The number of unbranched alkanes of at least 4 members (excludes halogenated alkanes) is 1. The SMILES string of the molecule is Cc1nc(N)c(C(=O)NC(N)=NCCCCc2ccc(OCCN(CCCc3ccccc3)C[C@H](O)[C@@H](O)[C@H](O)[C@H](O)CO)cc2)nc1Cl. The number of ether oxygens (including phenoxy) is 1. The zero-order valence-electron chi connectivity index (χ0n) is 27.7. The molecule has 14 nitrogen and oxygen atoms in total. The minimum atomic E-state index is -1.68. The Hall–Kier alpha value is -3.89. The highest BCUT2D eigenvalue weighted by Gasteiger charge is 2.31. The Morgan fingerprint density at radius 2 is 1.59 bits per heavy atom. The fraction of sp³-hybridized carbons (Fsp3) is 0.471. The lowest BCUT2D eigenvalue weighted by Crippen LogP contribution is -2.50. The average Bonchev–Trinajstić information content (AvgIpc) is 3.09. The van der Waals surface area contributed by atoms with Crippen LogP contribution in [0.25, 0.3) is 0 Å². The molecular formula is C34H48ClN7O7. The smallest absolute Gasteiger partial charge is 0.280 e. The van der Waals surface area contributed by atoms with Crippen LogP contribution in [0.3, 0.4) is 0 Å². The van der Waals surface area contributed by atoms with Crippen LogP contribution in [0.4, 0.5) is 5.82 Å². The van der Waals surface area contributed by atoms with Crippen LogP contribution in [-0.2, 0) is 12.8 Å². The second-order valence-electron chi connectivity index (χ2n) is 11.7. The fourth-order valence-electron chi connectivity index (χ4n) is 4.97. The number of nitrogens with zero attached hydrogens (tertiary/aromatic N) is 4. The van der Waals surface area contributed by atoms with Crippen molar-refractivity contribution in [3.8, 4) is 5.75 Å². The zero-order valence-corrected chi connectivity index (χ0v) is 28.4. The summed E-state index contributed by atoms with van der Waals surface area (Å²) in [5.74, 6) is -0.0607. The number of anilines is 1. The number of aliphatic hydroxyl groups is 5. The van der Waals surface area contributed by atoms with Gasteiger partial charge < -0.3 is 41.7 Å². The number of aromatic nitrogens is 2. The van der Waals surface area contributed by atoms with Crippen molar-refractivity contribution in [1.29, 1.82) is 0 Å². The first-order valence-electron chi connectivity index (χ1n) is 16.2. The monoisotopic (exact) mass is 701 g/mol. The Kier molecular flexibility index (Phi) is 16.6. The van der Waals surface area contributed by atoms with Gasteiger partial charge in [0.2, 0.25) is 0 Å². The number of aliphatic imine (C=N–C) groups is 1. The lowest BCUT2D eigenvalue weighted by atomic mass is 10.0. The summed E-state index contributed by atoms with van der Waals surface area (Å²) < 4.78 is 5.96. The van der Waals surface area contributed by atoms with E-state index in [2.05, 4.69) is 20.3 Å². The molecule has 2 aromatic carbocycles. The molecule has 10 N–H and O–H groups in total. The van der Waals surface area contributed by atoms with Crippen molar-refractivity contribution in [1.82, 2.24) is 20.2 Å². The number of carbonyl (C=O) groups excluding carboxylic acids is 1. The largest absolute Gasteiger partial charge is 0.492 e. The third-order valence-electron chi connectivity index (χ3n) is 7.80. The first-order valence-corrected chi connectivity index (χ1v) is 16.6. The van der Waals surface area contributed by atoms with Crippen molar-refractivity contribution < 1.29 is 35.1 Å². The summed E-state index contributed by atoms with van der Waals surface area (Å²) in [7, 11) is 0. The standard InChI is InChI=1S/C34H48ClN7O7/c1-22-31(35)40-28(32(36)39-22)33(48)41-34(37)38-16-6-5-10-24-12-14-25(15-13-24)49-19-18-42(17-7-11-23-8-3-2-4-9-23)20-26(44)29(46)30(47)27(45)21-43/h2-4,8-9,12-15,26-27,29-30,43-47H,5-7,10-11,16-21H2,1H3,(H2,36,39)(H3,37,38,41,48)/t26-,27+,29+,30+/m0/s1. The summed E-state index contributed by atoms with van der Waals surface area (Å²) in [6.45, 7) is 2.72. The highest BCUT2D eigenvalue weighted by molar-refractivity contribution is 6.30. The van der Waals surface area contributed by atoms with Gasteiger partial charge in [-0.25, -0.2) is 9.97 Å². The quantitative estimate of drug-likeness (QED) is 0.0465. The van der Waals surface area contributed by atoms with Gasteiger partial charge in [-0.2, -0.15) is 0 Å². The summed E-state index contributed by atoms with van der Waals surface area (Å²) in [5, 5.41) is 52.2. The van der Waals surface area contributed by atoms with Crippen molar-refractivity contribution in [2.45, 2.75) is 63.4 Å². The van der Waals surface area contributed by atoms with E-state index in [9.17, 15) is 25.2 Å². The molecule has 0 saturated heterocycles. The molecule has 49 heavy (non-hydrogen) atoms. The number of nitrogens with one attached hydrogen (secondary N) is 1. The first kappa shape index (κ1) is 39.5. The topological polar surface area (TPSA) is 233 Å². The van der Waals surface area contributed by atoms with Crippen LogP contribution >= 0.6 is 11.6 Å². The summed E-state index contributed by atoms with van der Waals surface area (Å²) >= 11 is 5.94. The molecule has 0 aliphatic rings. The predicted molar refractivity (Wildman–Crippen MR) is 187 cm³/mol. The second-order valence-corrected chi connectivity index (χ2v) is 12.1. The number of carbonyl (C=O) groups is 1. The molecule has 0 saturated carbocycles. The molecule has 0 spiro atoms. The number of nitrogen functional groups attached to an aromatic ring is 1. The van der Waals surface area contributed by atoms with Crippen LogP contribution in [-0.4, -0.2) is 116 Å². The van der Waals surface area contributed by atoms with Gasteiger partial charge >= 0.3 is 0 Å². The van der Waals surface area contributed by atoms with Crippen LogP contribution < -0.4 is 21.5 Å². The van der Waals surface area contributed by atoms with Crippen LogP contribution in [0.2, 0.25) is 5.15 Å². The minimum Gasteiger partial charge on any atom is -0.492 e. The number of hydrogen-bond acceptors (Lipinski definition) is 12. The lowest BCUT2D eigenvalue weighted by molar-refractivity contribution is -0.119. The molecule has 1 amide bonds. The van der Waals surface area contributed by atoms with Crippen LogP contribution in [0.5, 0.6) is 5.75 Å². The van der Waals surface area contributed by atoms with E-state index in [1.54, 1.807) is 6.92 Å². The van der Waals surface area contributed by atoms with Crippen LogP contribution in [0.15, 0.2) is 59.6 Å². The average molecular weight is 702 g/mol. The van der Waals surface area contributed by atoms with Gasteiger partial charge in [-0.1, -0.05) is 54.1 Å². The Bertz CT molecular complexity index is 1470. The van der Waals surface area contributed by atoms with Gasteiger partial charge in [0, 0.05) is 19.6 Å². The molecule has 1 aromatic heterocycles. The number of nitrogens with two attached hydrogens (primary N) is 2. The van der Waals surface area contributed by atoms with Crippen LogP contribution in [0, 0.1) is 6.92 Å². The highest BCUT2D eigenvalue weighted by atomic mass is 35.5. The van der Waals surface area contributed by atoms with Gasteiger partial charge in [-0.15, -0.1) is 0 Å².